The number of nitrogens with zero attached hydrogens (tertiary/aromatic N) is 3. The highest BCUT2D eigenvalue weighted by atomic mass is 32.2. The second-order valence-electron chi connectivity index (χ2n) is 5.67. The number of methoxy groups -OCH3 is 1. The molecule has 8 nitrogen and oxygen atoms in total. The average molecular weight is 436 g/mol. The lowest BCUT2D eigenvalue weighted by Crippen LogP contribution is -2.30. The van der Waals surface area contributed by atoms with Crippen LogP contribution in [0.4, 0.5) is 15.2 Å². The zero-order valence-electron chi connectivity index (χ0n) is 15.5. The molecule has 2 aromatic carbocycles. The minimum atomic E-state index is -4.00. The fourth-order valence-electron chi connectivity index (χ4n) is 2.51. The van der Waals surface area contributed by atoms with E-state index in [4.69, 9.17) is 4.74 Å². The van der Waals surface area contributed by atoms with E-state index in [-0.39, 0.29) is 21.6 Å². The molecular weight excluding hydrogens is 419 g/mol. The molecule has 0 radical (unpaired) electrons. The molecule has 0 fully saturated rings. The molecule has 0 aliphatic rings. The Bertz CT molecular complexity index is 1120. The number of carbonyl (C=O) groups is 1. The highest BCUT2D eigenvalue weighted by Crippen LogP contribution is 2.28. The number of sulfonamides is 1. The van der Waals surface area contributed by atoms with Crippen molar-refractivity contribution in [2.24, 2.45) is 0 Å². The summed E-state index contributed by atoms with van der Waals surface area (Å²) in [7, 11) is -2.48. The smallest absolute Gasteiger partial charge is 0.293 e. The average Bonchev–Trinajstić information content (AvgIpc) is 3.18. The van der Waals surface area contributed by atoms with Crippen molar-refractivity contribution in [1.82, 2.24) is 10.2 Å². The van der Waals surface area contributed by atoms with Crippen molar-refractivity contribution >= 4 is 38.1 Å². The Morgan fingerprint density at radius 1 is 1.17 bits per heavy atom. The number of hydrogen-bond acceptors (Lipinski definition) is 7. The predicted molar refractivity (Wildman–Crippen MR) is 107 cm³/mol. The van der Waals surface area contributed by atoms with Gasteiger partial charge in [0.15, 0.2) is 0 Å². The Morgan fingerprint density at radius 3 is 2.48 bits per heavy atom. The van der Waals surface area contributed by atoms with Gasteiger partial charge in [0.25, 0.3) is 20.3 Å². The lowest BCUT2D eigenvalue weighted by Gasteiger charge is -2.21. The molecule has 1 aromatic heterocycles. The third-order valence-corrected chi connectivity index (χ3v) is 6.99. The van der Waals surface area contributed by atoms with Gasteiger partial charge in [-0.15, -0.1) is 10.2 Å². The standard InChI is InChI=1S/C18H17FN4O4S2/c1-3-23(12-8-10-13(27-2)11-9-12)29(25,26)18-22-21-17(28-18)20-16(24)14-6-4-5-7-15(14)19/h4-11H,3H2,1-2H3,(H,20,21,24). The van der Waals surface area contributed by atoms with E-state index >= 15 is 0 Å². The normalized spacial score (nSPS) is 11.1. The second-order valence-corrected chi connectivity index (χ2v) is 8.69. The van der Waals surface area contributed by atoms with Crippen molar-refractivity contribution in [3.63, 3.8) is 0 Å². The summed E-state index contributed by atoms with van der Waals surface area (Å²) in [4.78, 5) is 12.2. The highest BCUT2D eigenvalue weighted by molar-refractivity contribution is 7.94. The maximum absolute atomic E-state index is 13.7. The molecule has 0 saturated carbocycles. The van der Waals surface area contributed by atoms with E-state index in [0.29, 0.717) is 22.8 Å². The Morgan fingerprint density at radius 2 is 1.86 bits per heavy atom. The molecule has 1 amide bonds. The van der Waals surface area contributed by atoms with Gasteiger partial charge in [0, 0.05) is 6.54 Å². The SMILES string of the molecule is CCN(c1ccc(OC)cc1)S(=O)(=O)c1nnc(NC(=O)c2ccccc2F)s1. The number of rotatable bonds is 7. The minimum Gasteiger partial charge on any atom is -0.497 e. The van der Waals surface area contributed by atoms with Crippen molar-refractivity contribution in [2.75, 3.05) is 23.3 Å². The maximum Gasteiger partial charge on any atom is 0.293 e. The van der Waals surface area contributed by atoms with Crippen molar-refractivity contribution in [3.8, 4) is 5.75 Å². The number of ether oxygens (including phenoxy) is 1. The molecule has 0 saturated heterocycles. The zero-order valence-corrected chi connectivity index (χ0v) is 17.1. The van der Waals surface area contributed by atoms with Crippen molar-refractivity contribution in [2.45, 2.75) is 11.3 Å². The van der Waals surface area contributed by atoms with Gasteiger partial charge in [0.2, 0.25) is 5.13 Å². The molecule has 1 N–H and O–H groups in total. The number of anilines is 2. The molecule has 0 aliphatic heterocycles. The van der Waals surface area contributed by atoms with Crippen LogP contribution >= 0.6 is 11.3 Å². The first-order valence-electron chi connectivity index (χ1n) is 8.43. The number of aromatic nitrogens is 2. The number of nitrogens with one attached hydrogen (secondary N) is 1. The monoisotopic (exact) mass is 436 g/mol. The first-order chi connectivity index (χ1) is 13.9. The molecular formula is C18H17FN4O4S2. The van der Waals surface area contributed by atoms with Crippen LogP contribution in [0.25, 0.3) is 0 Å². The summed E-state index contributed by atoms with van der Waals surface area (Å²) in [5.74, 6) is -0.846. The van der Waals surface area contributed by atoms with Gasteiger partial charge in [-0.25, -0.2) is 4.39 Å². The van der Waals surface area contributed by atoms with Gasteiger partial charge >= 0.3 is 0 Å². The van der Waals surface area contributed by atoms with Crippen LogP contribution in [0.3, 0.4) is 0 Å². The summed E-state index contributed by atoms with van der Waals surface area (Å²) < 4.78 is 45.6. The van der Waals surface area contributed by atoms with Crippen LogP contribution in [-0.2, 0) is 10.0 Å². The fraction of sp³-hybridized carbons (Fsp3) is 0.167. The van der Waals surface area contributed by atoms with E-state index in [1.807, 2.05) is 0 Å². The third kappa shape index (κ3) is 4.35. The highest BCUT2D eigenvalue weighted by Gasteiger charge is 2.28. The van der Waals surface area contributed by atoms with Crippen LogP contribution in [0.15, 0.2) is 52.9 Å². The van der Waals surface area contributed by atoms with E-state index in [2.05, 4.69) is 15.5 Å². The molecule has 29 heavy (non-hydrogen) atoms. The summed E-state index contributed by atoms with van der Waals surface area (Å²) in [5, 5.41) is 9.71. The van der Waals surface area contributed by atoms with E-state index in [9.17, 15) is 17.6 Å². The number of halogens is 1. The topological polar surface area (TPSA) is 101 Å². The quantitative estimate of drug-likeness (QED) is 0.571. The minimum absolute atomic E-state index is 0.0531. The molecule has 3 aromatic rings. The van der Waals surface area contributed by atoms with Crippen LogP contribution in [0.2, 0.25) is 0 Å². The van der Waals surface area contributed by atoms with E-state index in [1.165, 1.54) is 25.3 Å². The summed E-state index contributed by atoms with van der Waals surface area (Å²) >= 11 is 0.684. The first kappa shape index (κ1) is 20.7. The van der Waals surface area contributed by atoms with Gasteiger partial charge in [-0.2, -0.15) is 8.42 Å². The van der Waals surface area contributed by atoms with Crippen LogP contribution in [0, 0.1) is 5.82 Å². The largest absolute Gasteiger partial charge is 0.497 e. The number of amides is 1. The van der Waals surface area contributed by atoms with Gasteiger partial charge in [-0.1, -0.05) is 23.5 Å². The molecule has 152 valence electrons. The Kier molecular flexibility index (Phi) is 6.09. The lowest BCUT2D eigenvalue weighted by molar-refractivity contribution is 0.102. The molecule has 0 spiro atoms. The molecule has 0 bridgehead atoms. The van der Waals surface area contributed by atoms with Gasteiger partial charge in [0.1, 0.15) is 11.6 Å². The summed E-state index contributed by atoms with van der Waals surface area (Å²) in [6, 6.07) is 12.0. The van der Waals surface area contributed by atoms with Crippen LogP contribution in [0.1, 0.15) is 17.3 Å². The summed E-state index contributed by atoms with van der Waals surface area (Å²) in [6.45, 7) is 1.84. The number of carbonyl (C=O) groups excluding carboxylic acids is 1. The van der Waals surface area contributed by atoms with Crippen LogP contribution < -0.4 is 14.4 Å². The van der Waals surface area contributed by atoms with Crippen molar-refractivity contribution in [1.29, 1.82) is 0 Å². The predicted octanol–water partition coefficient (Wildman–Crippen LogP) is 3.15. The van der Waals surface area contributed by atoms with E-state index in [1.54, 1.807) is 31.2 Å². The molecule has 0 unspecified atom stereocenters. The summed E-state index contributed by atoms with van der Waals surface area (Å²) in [6.07, 6.45) is 0. The number of hydrogen-bond donors (Lipinski definition) is 1. The van der Waals surface area contributed by atoms with Gasteiger partial charge < -0.3 is 4.74 Å². The van der Waals surface area contributed by atoms with Crippen molar-refractivity contribution in [3.05, 3.63) is 59.9 Å². The summed E-state index contributed by atoms with van der Waals surface area (Å²) in [5.41, 5.74) is 0.251. The van der Waals surface area contributed by atoms with Crippen LogP contribution in [-0.4, -0.2) is 38.2 Å². The van der Waals surface area contributed by atoms with Gasteiger partial charge in [-0.3, -0.25) is 14.4 Å². The van der Waals surface area contributed by atoms with Gasteiger partial charge in [-0.05, 0) is 43.3 Å². The lowest BCUT2D eigenvalue weighted by atomic mass is 10.2. The molecule has 0 atom stereocenters. The van der Waals surface area contributed by atoms with Gasteiger partial charge in [0.05, 0.1) is 18.4 Å². The fourth-order valence-corrected chi connectivity index (χ4v) is 4.98. The Hall–Kier alpha value is -3.05. The zero-order chi connectivity index (χ0) is 21.0. The molecule has 0 aliphatic carbocycles. The molecule has 11 heteroatoms. The van der Waals surface area contributed by atoms with E-state index in [0.717, 1.165) is 10.4 Å². The Balaban J connectivity index is 1.83. The second kappa shape index (κ2) is 8.53. The molecule has 1 heterocycles. The first-order valence-corrected chi connectivity index (χ1v) is 10.7. The van der Waals surface area contributed by atoms with E-state index < -0.39 is 21.7 Å². The Labute approximate surface area is 171 Å². The van der Waals surface area contributed by atoms with Crippen LogP contribution in [0.5, 0.6) is 5.75 Å². The van der Waals surface area contributed by atoms with Crippen molar-refractivity contribution < 1.29 is 22.3 Å². The number of benzene rings is 2. The maximum atomic E-state index is 13.7. The third-order valence-electron chi connectivity index (χ3n) is 3.90. The molecule has 3 rings (SSSR count).